The summed E-state index contributed by atoms with van der Waals surface area (Å²) in [6, 6.07) is 14.5. The van der Waals surface area contributed by atoms with Crippen LogP contribution in [0.4, 0.5) is 5.69 Å². The van der Waals surface area contributed by atoms with Gasteiger partial charge in [0.1, 0.15) is 6.10 Å². The first-order valence-electron chi connectivity index (χ1n) is 7.61. The first kappa shape index (κ1) is 14.2. The van der Waals surface area contributed by atoms with Crippen LogP contribution in [0, 0.1) is 0 Å². The van der Waals surface area contributed by atoms with E-state index < -0.39 is 6.10 Å². The fraction of sp³-hybridized carbons (Fsp3) is 0.368. The number of anilines is 1. The second-order valence-electron chi connectivity index (χ2n) is 6.83. The Morgan fingerprint density at radius 3 is 2.43 bits per heavy atom. The summed E-state index contributed by atoms with van der Waals surface area (Å²) in [5.74, 6) is 0. The summed E-state index contributed by atoms with van der Waals surface area (Å²) in [6.45, 7) is 7.56. The van der Waals surface area contributed by atoms with Crippen molar-refractivity contribution >= 4 is 5.69 Å². The highest BCUT2D eigenvalue weighted by Crippen LogP contribution is 2.34. The lowest BCUT2D eigenvalue weighted by Gasteiger charge is -2.21. The third-order valence-electron chi connectivity index (χ3n) is 4.27. The number of fused-ring (bicyclic) bond motifs is 1. The number of para-hydroxylation sites is 1. The van der Waals surface area contributed by atoms with Crippen molar-refractivity contribution in [2.45, 2.75) is 38.7 Å². The molecule has 0 fully saturated rings. The molecule has 1 heterocycles. The van der Waals surface area contributed by atoms with Gasteiger partial charge in [0.2, 0.25) is 0 Å². The summed E-state index contributed by atoms with van der Waals surface area (Å²) in [5, 5.41) is 14.1. The van der Waals surface area contributed by atoms with Gasteiger partial charge in [-0.2, -0.15) is 0 Å². The lowest BCUT2D eigenvalue weighted by atomic mass is 9.86. The molecule has 0 radical (unpaired) electrons. The Morgan fingerprint density at radius 1 is 1.05 bits per heavy atom. The van der Waals surface area contributed by atoms with Gasteiger partial charge in [-0.15, -0.1) is 0 Å². The molecule has 1 unspecified atom stereocenters. The van der Waals surface area contributed by atoms with E-state index >= 15 is 0 Å². The topological polar surface area (TPSA) is 32.3 Å². The number of aliphatic hydroxyl groups is 1. The predicted octanol–water partition coefficient (Wildman–Crippen LogP) is 4.03. The molecule has 3 rings (SSSR count). The first-order valence-corrected chi connectivity index (χ1v) is 7.61. The van der Waals surface area contributed by atoms with Crippen LogP contribution in [0.5, 0.6) is 0 Å². The molecule has 0 aliphatic carbocycles. The second kappa shape index (κ2) is 5.19. The van der Waals surface area contributed by atoms with E-state index in [9.17, 15) is 5.11 Å². The number of rotatable bonds is 2. The Hall–Kier alpha value is -1.80. The lowest BCUT2D eigenvalue weighted by Crippen LogP contribution is -2.11. The molecule has 2 N–H and O–H groups in total. The maximum absolute atomic E-state index is 10.7. The molecule has 0 amide bonds. The molecule has 2 aromatic carbocycles. The smallest absolute Gasteiger partial charge is 0.106 e. The van der Waals surface area contributed by atoms with Crippen molar-refractivity contribution in [2.24, 2.45) is 0 Å². The van der Waals surface area contributed by atoms with Crippen LogP contribution in [0.3, 0.4) is 0 Å². The van der Waals surface area contributed by atoms with E-state index in [0.29, 0.717) is 0 Å². The zero-order valence-corrected chi connectivity index (χ0v) is 13.0. The van der Waals surface area contributed by atoms with Gasteiger partial charge in [0.15, 0.2) is 0 Å². The maximum atomic E-state index is 10.7. The van der Waals surface area contributed by atoms with E-state index in [1.807, 2.05) is 24.3 Å². The molecule has 0 saturated carbocycles. The average molecular weight is 281 g/mol. The van der Waals surface area contributed by atoms with E-state index in [2.05, 4.69) is 44.3 Å². The van der Waals surface area contributed by atoms with Crippen molar-refractivity contribution in [2.75, 3.05) is 11.9 Å². The zero-order valence-electron chi connectivity index (χ0n) is 13.0. The molecular weight excluding hydrogens is 258 g/mol. The molecule has 2 aromatic rings. The van der Waals surface area contributed by atoms with E-state index in [1.165, 1.54) is 11.1 Å². The van der Waals surface area contributed by atoms with Crippen LogP contribution in [0.1, 0.15) is 49.1 Å². The van der Waals surface area contributed by atoms with Crippen LogP contribution < -0.4 is 5.32 Å². The van der Waals surface area contributed by atoms with Gasteiger partial charge in [0.25, 0.3) is 0 Å². The minimum atomic E-state index is -0.570. The minimum absolute atomic E-state index is 0.138. The summed E-state index contributed by atoms with van der Waals surface area (Å²) in [6.07, 6.45) is 0.471. The molecule has 110 valence electrons. The normalized spacial score (nSPS) is 15.4. The third kappa shape index (κ3) is 2.68. The summed E-state index contributed by atoms with van der Waals surface area (Å²) >= 11 is 0. The van der Waals surface area contributed by atoms with Crippen LogP contribution in [0.2, 0.25) is 0 Å². The van der Waals surface area contributed by atoms with Gasteiger partial charge in [0, 0.05) is 17.8 Å². The molecule has 2 nitrogen and oxygen atoms in total. The number of aliphatic hydroxyl groups excluding tert-OH is 1. The predicted molar refractivity (Wildman–Crippen MR) is 87.8 cm³/mol. The van der Waals surface area contributed by atoms with Gasteiger partial charge in [-0.3, -0.25) is 0 Å². The summed E-state index contributed by atoms with van der Waals surface area (Å²) in [5.41, 5.74) is 5.77. The quantitative estimate of drug-likeness (QED) is 0.871. The number of hydrogen-bond donors (Lipinski definition) is 2. The molecule has 1 aliphatic rings. The molecule has 0 spiro atoms. The third-order valence-corrected chi connectivity index (χ3v) is 4.27. The highest BCUT2D eigenvalue weighted by Gasteiger charge is 2.20. The van der Waals surface area contributed by atoms with Crippen LogP contribution in [-0.4, -0.2) is 11.7 Å². The standard InChI is InChI=1S/C19H23NO/c1-19(2,3)15-9-7-14(8-10-15)18(21)16-6-4-5-13-11-12-20-17(13)16/h4-10,18,20-21H,11-12H2,1-3H3. The SMILES string of the molecule is CC(C)(C)c1ccc(C(O)c2cccc3c2NCC3)cc1. The van der Waals surface area contributed by atoms with Gasteiger partial charge in [-0.25, -0.2) is 0 Å². The van der Waals surface area contributed by atoms with Crippen molar-refractivity contribution in [1.82, 2.24) is 0 Å². The zero-order chi connectivity index (χ0) is 15.0. The highest BCUT2D eigenvalue weighted by atomic mass is 16.3. The molecule has 0 bridgehead atoms. The summed E-state index contributed by atoms with van der Waals surface area (Å²) in [7, 11) is 0. The van der Waals surface area contributed by atoms with Crippen LogP contribution >= 0.6 is 0 Å². The van der Waals surface area contributed by atoms with Crippen LogP contribution in [-0.2, 0) is 11.8 Å². The number of hydrogen-bond acceptors (Lipinski definition) is 2. The molecular formula is C19H23NO. The number of nitrogens with one attached hydrogen (secondary N) is 1. The molecule has 2 heteroatoms. The van der Waals surface area contributed by atoms with Gasteiger partial charge >= 0.3 is 0 Å². The summed E-state index contributed by atoms with van der Waals surface area (Å²) < 4.78 is 0. The highest BCUT2D eigenvalue weighted by molar-refractivity contribution is 5.63. The molecule has 1 atom stereocenters. The molecule has 1 aliphatic heterocycles. The Kier molecular flexibility index (Phi) is 3.50. The Bertz CT molecular complexity index is 638. The first-order chi connectivity index (χ1) is 9.97. The maximum Gasteiger partial charge on any atom is 0.106 e. The van der Waals surface area contributed by atoms with E-state index in [1.54, 1.807) is 0 Å². The van der Waals surface area contributed by atoms with Crippen LogP contribution in [0.25, 0.3) is 0 Å². The Labute approximate surface area is 126 Å². The summed E-state index contributed by atoms with van der Waals surface area (Å²) in [4.78, 5) is 0. The van der Waals surface area contributed by atoms with E-state index in [4.69, 9.17) is 0 Å². The monoisotopic (exact) mass is 281 g/mol. The van der Waals surface area contributed by atoms with Gasteiger partial charge in [0.05, 0.1) is 0 Å². The van der Waals surface area contributed by atoms with Crippen molar-refractivity contribution < 1.29 is 5.11 Å². The van der Waals surface area contributed by atoms with Crippen LogP contribution in [0.15, 0.2) is 42.5 Å². The lowest BCUT2D eigenvalue weighted by molar-refractivity contribution is 0.221. The fourth-order valence-electron chi connectivity index (χ4n) is 2.94. The average Bonchev–Trinajstić information content (AvgIpc) is 2.94. The van der Waals surface area contributed by atoms with Gasteiger partial charge in [-0.1, -0.05) is 63.2 Å². The minimum Gasteiger partial charge on any atom is -0.384 e. The molecule has 21 heavy (non-hydrogen) atoms. The Balaban J connectivity index is 1.93. The fourth-order valence-corrected chi connectivity index (χ4v) is 2.94. The second-order valence-corrected chi connectivity index (χ2v) is 6.83. The molecule has 0 saturated heterocycles. The van der Waals surface area contributed by atoms with Crippen molar-refractivity contribution in [3.63, 3.8) is 0 Å². The van der Waals surface area contributed by atoms with Crippen molar-refractivity contribution in [1.29, 1.82) is 0 Å². The molecule has 0 aromatic heterocycles. The van der Waals surface area contributed by atoms with E-state index in [0.717, 1.165) is 29.8 Å². The van der Waals surface area contributed by atoms with Gasteiger partial charge in [-0.05, 0) is 28.5 Å². The van der Waals surface area contributed by atoms with Crippen molar-refractivity contribution in [3.05, 3.63) is 64.7 Å². The number of benzene rings is 2. The Morgan fingerprint density at radius 2 is 1.76 bits per heavy atom. The van der Waals surface area contributed by atoms with Crippen molar-refractivity contribution in [3.8, 4) is 0 Å². The van der Waals surface area contributed by atoms with Gasteiger partial charge < -0.3 is 10.4 Å². The van der Waals surface area contributed by atoms with E-state index in [-0.39, 0.29) is 5.41 Å². The largest absolute Gasteiger partial charge is 0.384 e.